The van der Waals surface area contributed by atoms with E-state index in [2.05, 4.69) is 20.2 Å². The van der Waals surface area contributed by atoms with Crippen LogP contribution in [0.3, 0.4) is 0 Å². The Morgan fingerprint density at radius 3 is 2.79 bits per heavy atom. The number of H-pyrrole nitrogens is 1. The molecule has 7 heteroatoms. The van der Waals surface area contributed by atoms with Gasteiger partial charge in [0.1, 0.15) is 17.1 Å². The molecule has 0 atom stereocenters. The number of methoxy groups -OCH3 is 1. The first-order valence-corrected chi connectivity index (χ1v) is 9.33. The van der Waals surface area contributed by atoms with Crippen molar-refractivity contribution in [2.24, 2.45) is 0 Å². The quantitative estimate of drug-likeness (QED) is 0.712. The smallest absolute Gasteiger partial charge is 0.257 e. The third-order valence-corrected chi connectivity index (χ3v) is 5.02. The fourth-order valence-corrected chi connectivity index (χ4v) is 3.43. The molecule has 0 radical (unpaired) electrons. The summed E-state index contributed by atoms with van der Waals surface area (Å²) in [7, 11) is 1.56. The van der Waals surface area contributed by atoms with Gasteiger partial charge in [-0.3, -0.25) is 9.59 Å². The van der Waals surface area contributed by atoms with E-state index in [0.717, 1.165) is 24.5 Å². The van der Waals surface area contributed by atoms with Crippen molar-refractivity contribution in [3.8, 4) is 5.75 Å². The molecular weight excluding hydrogens is 356 g/mol. The number of anilines is 1. The summed E-state index contributed by atoms with van der Waals surface area (Å²) >= 11 is 0. The van der Waals surface area contributed by atoms with Crippen LogP contribution in [0.1, 0.15) is 28.8 Å². The molecule has 1 aromatic carbocycles. The molecule has 7 nitrogen and oxygen atoms in total. The van der Waals surface area contributed by atoms with Gasteiger partial charge in [-0.25, -0.2) is 4.98 Å². The summed E-state index contributed by atoms with van der Waals surface area (Å²) in [5, 5.41) is 3.24. The molecule has 3 heterocycles. The van der Waals surface area contributed by atoms with Crippen LogP contribution in [0.5, 0.6) is 5.75 Å². The average molecular weight is 378 g/mol. The lowest BCUT2D eigenvalue weighted by molar-refractivity contribution is 0.0949. The maximum absolute atomic E-state index is 12.6. The van der Waals surface area contributed by atoms with Gasteiger partial charge in [0, 0.05) is 43.5 Å². The first kappa shape index (κ1) is 18.0. The fourth-order valence-electron chi connectivity index (χ4n) is 3.43. The summed E-state index contributed by atoms with van der Waals surface area (Å²) in [6.45, 7) is 2.39. The molecule has 1 amide bonds. The Hall–Kier alpha value is -3.35. The molecule has 1 saturated heterocycles. The zero-order valence-corrected chi connectivity index (χ0v) is 15.7. The minimum atomic E-state index is -0.414. The Morgan fingerprint density at radius 1 is 1.25 bits per heavy atom. The molecule has 1 fully saturated rings. The van der Waals surface area contributed by atoms with Crippen molar-refractivity contribution >= 4 is 22.6 Å². The second-order valence-electron chi connectivity index (χ2n) is 6.84. The number of hydrogen-bond donors (Lipinski definition) is 2. The molecule has 0 aliphatic carbocycles. The summed E-state index contributed by atoms with van der Waals surface area (Å²) in [4.78, 5) is 34.9. The summed E-state index contributed by atoms with van der Waals surface area (Å²) in [6, 6.07) is 9.02. The molecule has 1 aliphatic rings. The zero-order valence-electron chi connectivity index (χ0n) is 15.7. The molecule has 2 N–H and O–H groups in total. The van der Waals surface area contributed by atoms with Crippen LogP contribution < -0.4 is 20.4 Å². The van der Waals surface area contributed by atoms with Crippen LogP contribution in [-0.2, 0) is 6.54 Å². The number of carbonyl (C=O) groups excluding carboxylic acids is 1. The Labute approximate surface area is 162 Å². The van der Waals surface area contributed by atoms with E-state index in [4.69, 9.17) is 4.74 Å². The number of rotatable bonds is 5. The van der Waals surface area contributed by atoms with E-state index in [-0.39, 0.29) is 11.0 Å². The number of pyridine rings is 2. The predicted molar refractivity (Wildman–Crippen MR) is 108 cm³/mol. The lowest BCUT2D eigenvalue weighted by atomic mass is 10.1. The molecule has 0 spiro atoms. The van der Waals surface area contributed by atoms with Crippen molar-refractivity contribution in [3.05, 3.63) is 64.1 Å². The number of fused-ring (bicyclic) bond motifs is 1. The molecular formula is C21H22N4O3. The second-order valence-corrected chi connectivity index (χ2v) is 6.84. The van der Waals surface area contributed by atoms with Gasteiger partial charge in [-0.2, -0.15) is 0 Å². The van der Waals surface area contributed by atoms with Crippen molar-refractivity contribution in [2.75, 3.05) is 25.1 Å². The highest BCUT2D eigenvalue weighted by molar-refractivity contribution is 5.97. The minimum Gasteiger partial charge on any atom is -0.497 e. The number of amides is 1. The monoisotopic (exact) mass is 378 g/mol. The van der Waals surface area contributed by atoms with Crippen molar-refractivity contribution in [2.45, 2.75) is 19.4 Å². The summed E-state index contributed by atoms with van der Waals surface area (Å²) < 4.78 is 5.16. The number of nitrogens with zero attached hydrogens (tertiary/aromatic N) is 2. The van der Waals surface area contributed by atoms with Crippen molar-refractivity contribution < 1.29 is 9.53 Å². The molecule has 0 bridgehead atoms. The Kier molecular flexibility index (Phi) is 4.97. The number of nitrogens with one attached hydrogen (secondary N) is 2. The highest BCUT2D eigenvalue weighted by atomic mass is 16.5. The van der Waals surface area contributed by atoms with E-state index < -0.39 is 5.91 Å². The van der Waals surface area contributed by atoms with Crippen LogP contribution in [0, 0.1) is 0 Å². The van der Waals surface area contributed by atoms with Gasteiger partial charge in [0.05, 0.1) is 12.6 Å². The Balaban J connectivity index is 1.46. The molecule has 0 saturated carbocycles. The third-order valence-electron chi connectivity index (χ3n) is 5.02. The second kappa shape index (κ2) is 7.72. The van der Waals surface area contributed by atoms with Gasteiger partial charge in [0.15, 0.2) is 0 Å². The van der Waals surface area contributed by atoms with Crippen LogP contribution in [0.25, 0.3) is 10.9 Å². The van der Waals surface area contributed by atoms with Gasteiger partial charge >= 0.3 is 0 Å². The van der Waals surface area contributed by atoms with E-state index >= 15 is 0 Å². The largest absolute Gasteiger partial charge is 0.497 e. The van der Waals surface area contributed by atoms with Gasteiger partial charge in [-0.1, -0.05) is 6.07 Å². The van der Waals surface area contributed by atoms with Crippen molar-refractivity contribution in [1.29, 1.82) is 0 Å². The van der Waals surface area contributed by atoms with Crippen LogP contribution in [0.2, 0.25) is 0 Å². The fraction of sp³-hybridized carbons (Fsp3) is 0.286. The van der Waals surface area contributed by atoms with E-state index in [0.29, 0.717) is 23.2 Å². The predicted octanol–water partition coefficient (Wildman–Crippen LogP) is 2.46. The number of ether oxygens (including phenoxy) is 1. The van der Waals surface area contributed by atoms with Crippen molar-refractivity contribution in [1.82, 2.24) is 15.3 Å². The van der Waals surface area contributed by atoms with E-state index in [9.17, 15) is 9.59 Å². The molecule has 0 unspecified atom stereocenters. The lowest BCUT2D eigenvalue weighted by Gasteiger charge is -2.16. The maximum atomic E-state index is 12.6. The third kappa shape index (κ3) is 3.55. The Morgan fingerprint density at radius 2 is 2.07 bits per heavy atom. The number of aromatic amines is 1. The van der Waals surface area contributed by atoms with Gasteiger partial charge in [-0.05, 0) is 36.6 Å². The molecule has 28 heavy (non-hydrogen) atoms. The van der Waals surface area contributed by atoms with E-state index in [1.165, 1.54) is 19.0 Å². The number of aromatic nitrogens is 2. The molecule has 1 aliphatic heterocycles. The van der Waals surface area contributed by atoms with Gasteiger partial charge in [-0.15, -0.1) is 0 Å². The normalized spacial score (nSPS) is 13.7. The SMILES string of the molecule is COc1ccc2c(=O)c(C(=O)NCc3ccc(N4CCCC4)nc3)c[nH]c2c1. The van der Waals surface area contributed by atoms with E-state index in [1.54, 1.807) is 31.5 Å². The van der Waals surface area contributed by atoms with Crippen molar-refractivity contribution in [3.63, 3.8) is 0 Å². The topological polar surface area (TPSA) is 87.3 Å². The summed E-state index contributed by atoms with van der Waals surface area (Å²) in [5.74, 6) is 1.20. The Bertz CT molecular complexity index is 1050. The number of carbonyl (C=O) groups is 1. The van der Waals surface area contributed by atoms with Crippen LogP contribution in [0.4, 0.5) is 5.82 Å². The zero-order chi connectivity index (χ0) is 19.5. The summed E-state index contributed by atoms with van der Waals surface area (Å²) in [5.41, 5.74) is 1.29. The first-order valence-electron chi connectivity index (χ1n) is 9.33. The number of hydrogen-bond acceptors (Lipinski definition) is 5. The molecule has 2 aromatic heterocycles. The molecule has 144 valence electrons. The van der Waals surface area contributed by atoms with Crippen LogP contribution in [-0.4, -0.2) is 36.1 Å². The standard InChI is InChI=1S/C21H22N4O3/c1-28-15-5-6-16-18(10-15)22-13-17(20(16)26)21(27)24-12-14-4-7-19(23-11-14)25-8-2-3-9-25/h4-7,10-11,13H,2-3,8-9,12H2,1H3,(H,22,26)(H,24,27). The average Bonchev–Trinajstić information content (AvgIpc) is 3.27. The maximum Gasteiger partial charge on any atom is 0.257 e. The van der Waals surface area contributed by atoms with Gasteiger partial charge in [0.25, 0.3) is 5.91 Å². The van der Waals surface area contributed by atoms with Gasteiger partial charge < -0.3 is 19.9 Å². The highest BCUT2D eigenvalue weighted by Crippen LogP contribution is 2.18. The first-order chi connectivity index (χ1) is 13.7. The van der Waals surface area contributed by atoms with Gasteiger partial charge in [0.2, 0.25) is 5.43 Å². The number of benzene rings is 1. The molecule has 3 aromatic rings. The van der Waals surface area contributed by atoms with Crippen LogP contribution in [0.15, 0.2) is 47.5 Å². The summed E-state index contributed by atoms with van der Waals surface area (Å²) in [6.07, 6.45) is 5.61. The highest BCUT2D eigenvalue weighted by Gasteiger charge is 2.15. The molecule has 4 rings (SSSR count). The lowest BCUT2D eigenvalue weighted by Crippen LogP contribution is -2.28. The minimum absolute atomic E-state index is 0.0827. The van der Waals surface area contributed by atoms with E-state index in [1.807, 2.05) is 12.1 Å². The van der Waals surface area contributed by atoms with Crippen LogP contribution >= 0.6 is 0 Å².